The molecule has 0 saturated heterocycles. The SMILES string of the molecule is CC(C)[C@H](NC(=O)c1ccc(F)cc1)C(=O)OCC(=O)Nc1ccc(F)c(F)c1. The molecule has 0 saturated carbocycles. The van der Waals surface area contributed by atoms with Gasteiger partial charge in [-0.15, -0.1) is 0 Å². The molecule has 29 heavy (non-hydrogen) atoms. The highest BCUT2D eigenvalue weighted by Crippen LogP contribution is 2.13. The van der Waals surface area contributed by atoms with Crippen molar-refractivity contribution in [3.05, 3.63) is 65.5 Å². The second-order valence-corrected chi connectivity index (χ2v) is 6.49. The minimum Gasteiger partial charge on any atom is -0.454 e. The van der Waals surface area contributed by atoms with Crippen LogP contribution in [0, 0.1) is 23.4 Å². The maximum absolute atomic E-state index is 13.1. The Kier molecular flexibility index (Phi) is 7.35. The van der Waals surface area contributed by atoms with Gasteiger partial charge in [-0.3, -0.25) is 9.59 Å². The highest BCUT2D eigenvalue weighted by Gasteiger charge is 2.26. The first kappa shape index (κ1) is 21.9. The number of carbonyl (C=O) groups is 3. The Balaban J connectivity index is 1.92. The van der Waals surface area contributed by atoms with Crippen LogP contribution >= 0.6 is 0 Å². The summed E-state index contributed by atoms with van der Waals surface area (Å²) in [5, 5.41) is 4.74. The molecule has 0 aliphatic heterocycles. The van der Waals surface area contributed by atoms with E-state index in [1.807, 2.05) is 0 Å². The first-order valence-electron chi connectivity index (χ1n) is 8.65. The molecule has 2 amide bonds. The standard InChI is InChI=1S/C20H19F3N2O4/c1-11(2)18(25-19(27)12-3-5-13(21)6-4-12)20(28)29-10-17(26)24-14-7-8-15(22)16(23)9-14/h3-9,11,18H,10H2,1-2H3,(H,24,26)(H,25,27)/t18-/m0/s1. The number of hydrogen-bond donors (Lipinski definition) is 2. The van der Waals surface area contributed by atoms with E-state index in [2.05, 4.69) is 10.6 Å². The van der Waals surface area contributed by atoms with Gasteiger partial charge in [0, 0.05) is 17.3 Å². The Labute approximate surface area is 165 Å². The van der Waals surface area contributed by atoms with Crippen LogP contribution in [0.1, 0.15) is 24.2 Å². The normalized spacial score (nSPS) is 11.7. The lowest BCUT2D eigenvalue weighted by Gasteiger charge is -2.20. The van der Waals surface area contributed by atoms with E-state index in [-0.39, 0.29) is 17.2 Å². The molecule has 0 spiro atoms. The molecule has 0 aliphatic rings. The van der Waals surface area contributed by atoms with Crippen LogP contribution in [0.25, 0.3) is 0 Å². The van der Waals surface area contributed by atoms with Crippen molar-refractivity contribution >= 4 is 23.5 Å². The lowest BCUT2D eigenvalue weighted by molar-refractivity contribution is -0.150. The van der Waals surface area contributed by atoms with E-state index in [1.54, 1.807) is 13.8 Å². The number of carbonyl (C=O) groups excluding carboxylic acids is 3. The largest absolute Gasteiger partial charge is 0.454 e. The minimum atomic E-state index is -1.14. The van der Waals surface area contributed by atoms with Crippen LogP contribution in [0.15, 0.2) is 42.5 Å². The number of esters is 1. The van der Waals surface area contributed by atoms with Gasteiger partial charge in [-0.25, -0.2) is 18.0 Å². The molecular formula is C20H19F3N2O4. The summed E-state index contributed by atoms with van der Waals surface area (Å²) in [4.78, 5) is 36.4. The van der Waals surface area contributed by atoms with E-state index in [4.69, 9.17) is 4.74 Å². The Morgan fingerprint density at radius 2 is 1.62 bits per heavy atom. The van der Waals surface area contributed by atoms with Gasteiger partial charge in [0.05, 0.1) is 0 Å². The molecule has 1 atom stereocenters. The number of hydrogen-bond acceptors (Lipinski definition) is 4. The van der Waals surface area contributed by atoms with Gasteiger partial charge in [-0.2, -0.15) is 0 Å². The molecule has 154 valence electrons. The van der Waals surface area contributed by atoms with Crippen LogP contribution < -0.4 is 10.6 Å². The van der Waals surface area contributed by atoms with E-state index in [0.717, 1.165) is 30.3 Å². The number of nitrogens with one attached hydrogen (secondary N) is 2. The van der Waals surface area contributed by atoms with Crippen LogP contribution in [-0.4, -0.2) is 30.4 Å². The van der Waals surface area contributed by atoms with Gasteiger partial charge in [0.25, 0.3) is 11.8 Å². The average molecular weight is 408 g/mol. The second-order valence-electron chi connectivity index (χ2n) is 6.49. The Hall–Kier alpha value is -3.36. The fraction of sp³-hybridized carbons (Fsp3) is 0.250. The summed E-state index contributed by atoms with van der Waals surface area (Å²) in [6.07, 6.45) is 0. The van der Waals surface area contributed by atoms with E-state index in [1.165, 1.54) is 12.1 Å². The van der Waals surface area contributed by atoms with Crippen LogP contribution in [-0.2, 0) is 14.3 Å². The van der Waals surface area contributed by atoms with Crippen molar-refractivity contribution in [1.29, 1.82) is 0 Å². The Morgan fingerprint density at radius 3 is 2.21 bits per heavy atom. The zero-order chi connectivity index (χ0) is 21.6. The summed E-state index contributed by atoms with van der Waals surface area (Å²) in [6, 6.07) is 6.48. The first-order valence-corrected chi connectivity index (χ1v) is 8.65. The molecule has 0 bridgehead atoms. The van der Waals surface area contributed by atoms with E-state index in [0.29, 0.717) is 0 Å². The molecule has 0 fully saturated rings. The number of ether oxygens (including phenoxy) is 1. The van der Waals surface area contributed by atoms with Crippen LogP contribution in [0.2, 0.25) is 0 Å². The third-order valence-corrected chi connectivity index (χ3v) is 3.86. The molecule has 0 heterocycles. The molecule has 0 aromatic heterocycles. The van der Waals surface area contributed by atoms with Gasteiger partial charge in [0.1, 0.15) is 11.9 Å². The smallest absolute Gasteiger partial charge is 0.329 e. The van der Waals surface area contributed by atoms with Crippen molar-refractivity contribution in [3.63, 3.8) is 0 Å². The average Bonchev–Trinajstić information content (AvgIpc) is 2.67. The summed E-state index contributed by atoms with van der Waals surface area (Å²) in [6.45, 7) is 2.64. The third-order valence-electron chi connectivity index (χ3n) is 3.86. The van der Waals surface area contributed by atoms with E-state index in [9.17, 15) is 27.6 Å². The van der Waals surface area contributed by atoms with Crippen LogP contribution in [0.5, 0.6) is 0 Å². The van der Waals surface area contributed by atoms with Crippen molar-refractivity contribution < 1.29 is 32.3 Å². The van der Waals surface area contributed by atoms with Gasteiger partial charge in [-0.05, 0) is 42.3 Å². The monoisotopic (exact) mass is 408 g/mol. The molecule has 0 unspecified atom stereocenters. The van der Waals surface area contributed by atoms with Crippen LogP contribution in [0.3, 0.4) is 0 Å². The summed E-state index contributed by atoms with van der Waals surface area (Å²) in [5.41, 5.74) is 0.149. The fourth-order valence-electron chi connectivity index (χ4n) is 2.32. The Morgan fingerprint density at radius 1 is 0.966 bits per heavy atom. The molecule has 2 aromatic carbocycles. The van der Waals surface area contributed by atoms with Gasteiger partial charge in [0.2, 0.25) is 0 Å². The van der Waals surface area contributed by atoms with E-state index >= 15 is 0 Å². The second kappa shape index (κ2) is 9.72. The van der Waals surface area contributed by atoms with Crippen molar-refractivity contribution in [3.8, 4) is 0 Å². The van der Waals surface area contributed by atoms with Crippen molar-refractivity contribution in [2.75, 3.05) is 11.9 Å². The molecule has 0 radical (unpaired) electrons. The topological polar surface area (TPSA) is 84.5 Å². The minimum absolute atomic E-state index is 0.00466. The molecule has 2 N–H and O–H groups in total. The molecule has 6 nitrogen and oxygen atoms in total. The summed E-state index contributed by atoms with van der Waals surface area (Å²) in [7, 11) is 0. The first-order chi connectivity index (χ1) is 13.7. The molecule has 2 aromatic rings. The number of anilines is 1. The van der Waals surface area contributed by atoms with Gasteiger partial charge in [0.15, 0.2) is 18.2 Å². The highest BCUT2D eigenvalue weighted by atomic mass is 19.2. The lowest BCUT2D eigenvalue weighted by Crippen LogP contribution is -2.45. The van der Waals surface area contributed by atoms with Crippen molar-refractivity contribution in [2.45, 2.75) is 19.9 Å². The number of halogens is 3. The fourth-order valence-corrected chi connectivity index (χ4v) is 2.32. The zero-order valence-corrected chi connectivity index (χ0v) is 15.7. The van der Waals surface area contributed by atoms with Gasteiger partial charge in [-0.1, -0.05) is 13.8 Å². The zero-order valence-electron chi connectivity index (χ0n) is 15.7. The Bertz CT molecular complexity index is 901. The summed E-state index contributed by atoms with van der Waals surface area (Å²) < 4.78 is 43.9. The molecule has 2 rings (SSSR count). The highest BCUT2D eigenvalue weighted by molar-refractivity contribution is 5.97. The molecule has 0 aliphatic carbocycles. The number of benzene rings is 2. The number of amides is 2. The van der Waals surface area contributed by atoms with Crippen molar-refractivity contribution in [1.82, 2.24) is 5.32 Å². The maximum Gasteiger partial charge on any atom is 0.329 e. The van der Waals surface area contributed by atoms with E-state index < -0.39 is 47.9 Å². The van der Waals surface area contributed by atoms with Crippen molar-refractivity contribution in [2.24, 2.45) is 5.92 Å². The lowest BCUT2D eigenvalue weighted by atomic mass is 10.0. The molecule has 9 heteroatoms. The summed E-state index contributed by atoms with van der Waals surface area (Å²) in [5.74, 6) is -5.29. The van der Waals surface area contributed by atoms with Crippen LogP contribution in [0.4, 0.5) is 18.9 Å². The van der Waals surface area contributed by atoms with Gasteiger partial charge < -0.3 is 15.4 Å². The maximum atomic E-state index is 13.1. The predicted octanol–water partition coefficient (Wildman–Crippen LogP) is 3.04. The quantitative estimate of drug-likeness (QED) is 0.690. The predicted molar refractivity (Wildman–Crippen MR) is 98.4 cm³/mol. The molecular weight excluding hydrogens is 389 g/mol. The van der Waals surface area contributed by atoms with Gasteiger partial charge >= 0.3 is 5.97 Å². The number of rotatable bonds is 7. The summed E-state index contributed by atoms with van der Waals surface area (Å²) >= 11 is 0. The third kappa shape index (κ3) is 6.34.